The molecule has 0 atom stereocenters. The number of aromatic amines is 1. The van der Waals surface area contributed by atoms with Crippen LogP contribution in [-0.4, -0.2) is 22.3 Å². The Morgan fingerprint density at radius 2 is 1.79 bits per heavy atom. The Labute approximate surface area is 163 Å². The second-order valence-electron chi connectivity index (χ2n) is 6.40. The Hall–Kier alpha value is -3.88. The van der Waals surface area contributed by atoms with Gasteiger partial charge in [-0.15, -0.1) is 0 Å². The molecule has 0 saturated heterocycles. The maximum absolute atomic E-state index is 13.0. The fourth-order valence-corrected chi connectivity index (χ4v) is 2.92. The van der Waals surface area contributed by atoms with Crippen molar-refractivity contribution >= 4 is 5.91 Å². The average Bonchev–Trinajstić information content (AvgIpc) is 3.18. The maximum Gasteiger partial charge on any atom is 0.328 e. The number of amides is 1. The second kappa shape index (κ2) is 7.63. The van der Waals surface area contributed by atoms with Crippen molar-refractivity contribution in [3.05, 3.63) is 92.0 Å². The van der Waals surface area contributed by atoms with Gasteiger partial charge in [-0.05, 0) is 35.4 Å². The number of nitrogens with zero attached hydrogens (tertiary/aromatic N) is 1. The highest BCUT2D eigenvalue weighted by molar-refractivity contribution is 5.93. The van der Waals surface area contributed by atoms with Crippen molar-refractivity contribution in [3.8, 4) is 11.5 Å². The fraction of sp³-hybridized carbons (Fsp3) is 0.150. The summed E-state index contributed by atoms with van der Waals surface area (Å²) in [4.78, 5) is 39.7. The van der Waals surface area contributed by atoms with Crippen molar-refractivity contribution in [2.24, 2.45) is 0 Å². The van der Waals surface area contributed by atoms with Crippen LogP contribution in [0, 0.1) is 5.82 Å². The molecule has 2 N–H and O–H groups in total. The molecule has 4 rings (SSSR count). The van der Waals surface area contributed by atoms with Crippen molar-refractivity contribution in [2.75, 3.05) is 6.79 Å². The molecule has 29 heavy (non-hydrogen) atoms. The first-order chi connectivity index (χ1) is 14.0. The lowest BCUT2D eigenvalue weighted by molar-refractivity contribution is 0.0948. The molecule has 0 aliphatic carbocycles. The number of carbonyl (C=O) groups excluding carboxylic acids is 1. The Balaban J connectivity index is 1.54. The van der Waals surface area contributed by atoms with E-state index in [1.165, 1.54) is 24.3 Å². The average molecular weight is 397 g/mol. The van der Waals surface area contributed by atoms with E-state index in [-0.39, 0.29) is 31.3 Å². The molecule has 1 aliphatic rings. The number of hydrogen-bond donors (Lipinski definition) is 2. The SMILES string of the molecule is O=C(NCc1ccc(F)cc1)c1c[nH]c(=O)n(Cc2ccc3c(c2)OCO3)c1=O. The molecule has 0 fully saturated rings. The van der Waals surface area contributed by atoms with E-state index in [9.17, 15) is 18.8 Å². The van der Waals surface area contributed by atoms with Crippen LogP contribution in [0.4, 0.5) is 4.39 Å². The summed E-state index contributed by atoms with van der Waals surface area (Å²) in [7, 11) is 0. The number of nitrogens with one attached hydrogen (secondary N) is 2. The van der Waals surface area contributed by atoms with E-state index < -0.39 is 17.2 Å². The van der Waals surface area contributed by atoms with Crippen LogP contribution in [0.3, 0.4) is 0 Å². The van der Waals surface area contributed by atoms with Crippen LogP contribution in [0.5, 0.6) is 11.5 Å². The zero-order chi connectivity index (χ0) is 20.4. The number of ether oxygens (including phenoxy) is 2. The number of halogens is 1. The zero-order valence-corrected chi connectivity index (χ0v) is 15.1. The molecule has 148 valence electrons. The third-order valence-corrected chi connectivity index (χ3v) is 4.45. The number of fused-ring (bicyclic) bond motifs is 1. The van der Waals surface area contributed by atoms with Gasteiger partial charge in [0.15, 0.2) is 11.5 Å². The summed E-state index contributed by atoms with van der Waals surface area (Å²) >= 11 is 0. The fourth-order valence-electron chi connectivity index (χ4n) is 2.92. The molecule has 3 aromatic rings. The first-order valence-electron chi connectivity index (χ1n) is 8.75. The third kappa shape index (κ3) is 3.88. The van der Waals surface area contributed by atoms with E-state index in [1.807, 2.05) is 0 Å². The predicted octanol–water partition coefficient (Wildman–Crippen LogP) is 1.38. The highest BCUT2D eigenvalue weighted by Crippen LogP contribution is 2.32. The van der Waals surface area contributed by atoms with E-state index in [4.69, 9.17) is 9.47 Å². The van der Waals surface area contributed by atoms with Gasteiger partial charge in [-0.2, -0.15) is 0 Å². The van der Waals surface area contributed by atoms with E-state index in [0.717, 1.165) is 10.8 Å². The molecule has 8 nitrogen and oxygen atoms in total. The lowest BCUT2D eigenvalue weighted by atomic mass is 10.2. The van der Waals surface area contributed by atoms with Gasteiger partial charge < -0.3 is 19.8 Å². The molecule has 0 saturated carbocycles. The van der Waals surface area contributed by atoms with Crippen LogP contribution in [0.15, 0.2) is 58.3 Å². The summed E-state index contributed by atoms with van der Waals surface area (Å²) in [5.41, 5.74) is -0.242. The molecule has 1 amide bonds. The largest absolute Gasteiger partial charge is 0.454 e. The highest BCUT2D eigenvalue weighted by atomic mass is 19.1. The van der Waals surface area contributed by atoms with Crippen molar-refractivity contribution in [1.82, 2.24) is 14.9 Å². The Bertz CT molecular complexity index is 1180. The van der Waals surface area contributed by atoms with E-state index in [1.54, 1.807) is 18.2 Å². The minimum Gasteiger partial charge on any atom is -0.454 e. The van der Waals surface area contributed by atoms with Gasteiger partial charge in [0.2, 0.25) is 6.79 Å². The summed E-state index contributed by atoms with van der Waals surface area (Å²) in [5, 5.41) is 2.59. The Morgan fingerprint density at radius 3 is 2.59 bits per heavy atom. The van der Waals surface area contributed by atoms with Crippen molar-refractivity contribution in [3.63, 3.8) is 0 Å². The molecule has 1 aliphatic heterocycles. The molecule has 0 radical (unpaired) electrons. The summed E-state index contributed by atoms with van der Waals surface area (Å²) in [6.45, 7) is 0.187. The van der Waals surface area contributed by atoms with Crippen LogP contribution in [0.25, 0.3) is 0 Å². The van der Waals surface area contributed by atoms with Crippen LogP contribution < -0.4 is 26.0 Å². The van der Waals surface area contributed by atoms with Crippen LogP contribution >= 0.6 is 0 Å². The van der Waals surface area contributed by atoms with E-state index >= 15 is 0 Å². The second-order valence-corrected chi connectivity index (χ2v) is 6.40. The number of hydrogen-bond acceptors (Lipinski definition) is 5. The molecule has 2 heterocycles. The molecule has 0 unspecified atom stereocenters. The van der Waals surface area contributed by atoms with Crippen LogP contribution in [0.2, 0.25) is 0 Å². The number of H-pyrrole nitrogens is 1. The first-order valence-corrected chi connectivity index (χ1v) is 8.75. The van der Waals surface area contributed by atoms with Crippen LogP contribution in [-0.2, 0) is 13.1 Å². The predicted molar refractivity (Wildman–Crippen MR) is 101 cm³/mol. The van der Waals surface area contributed by atoms with Gasteiger partial charge >= 0.3 is 5.69 Å². The monoisotopic (exact) mass is 397 g/mol. The molecule has 1 aromatic heterocycles. The van der Waals surface area contributed by atoms with Crippen molar-refractivity contribution in [1.29, 1.82) is 0 Å². The topological polar surface area (TPSA) is 102 Å². The molecular weight excluding hydrogens is 381 g/mol. The standard InChI is InChI=1S/C20H16FN3O5/c21-14-4-1-12(2-5-14)8-22-18(25)15-9-23-20(27)24(19(15)26)10-13-3-6-16-17(7-13)29-11-28-16/h1-7,9H,8,10-11H2,(H,22,25)(H,23,27). The summed E-state index contributed by atoms with van der Waals surface area (Å²) in [6, 6.07) is 10.7. The minimum absolute atomic E-state index is 0.0378. The number of aromatic nitrogens is 2. The number of benzene rings is 2. The van der Waals surface area contributed by atoms with Crippen molar-refractivity contribution < 1.29 is 18.7 Å². The Morgan fingerprint density at radius 1 is 1.07 bits per heavy atom. The van der Waals surface area contributed by atoms with Crippen LogP contribution in [0.1, 0.15) is 21.5 Å². The molecular formula is C20H16FN3O5. The van der Waals surface area contributed by atoms with Crippen molar-refractivity contribution in [2.45, 2.75) is 13.1 Å². The number of carbonyl (C=O) groups is 1. The lowest BCUT2D eigenvalue weighted by Crippen LogP contribution is -2.40. The summed E-state index contributed by atoms with van der Waals surface area (Å²) in [6.07, 6.45) is 1.08. The normalized spacial score (nSPS) is 12.0. The molecule has 2 aromatic carbocycles. The minimum atomic E-state index is -0.719. The van der Waals surface area contributed by atoms with Gasteiger partial charge in [-0.25, -0.2) is 9.18 Å². The van der Waals surface area contributed by atoms with E-state index in [0.29, 0.717) is 22.6 Å². The van der Waals surface area contributed by atoms with Gasteiger partial charge in [-0.3, -0.25) is 14.2 Å². The zero-order valence-electron chi connectivity index (χ0n) is 15.1. The first kappa shape index (κ1) is 18.5. The quantitative estimate of drug-likeness (QED) is 0.677. The lowest BCUT2D eigenvalue weighted by Gasteiger charge is -2.09. The summed E-state index contributed by atoms with van der Waals surface area (Å²) < 4.78 is 24.4. The van der Waals surface area contributed by atoms with Gasteiger partial charge in [0.25, 0.3) is 11.5 Å². The van der Waals surface area contributed by atoms with Gasteiger partial charge in [0.05, 0.1) is 6.54 Å². The third-order valence-electron chi connectivity index (χ3n) is 4.45. The van der Waals surface area contributed by atoms with Gasteiger partial charge in [0.1, 0.15) is 11.4 Å². The maximum atomic E-state index is 13.0. The Kier molecular flexibility index (Phi) is 4.86. The summed E-state index contributed by atoms with van der Waals surface area (Å²) in [5.74, 6) is 0.0891. The van der Waals surface area contributed by atoms with Gasteiger partial charge in [-0.1, -0.05) is 18.2 Å². The van der Waals surface area contributed by atoms with Gasteiger partial charge in [0, 0.05) is 12.7 Å². The molecule has 0 bridgehead atoms. The number of rotatable bonds is 5. The smallest absolute Gasteiger partial charge is 0.328 e. The molecule has 9 heteroatoms. The molecule has 0 spiro atoms. The highest BCUT2D eigenvalue weighted by Gasteiger charge is 2.17. The van der Waals surface area contributed by atoms with E-state index in [2.05, 4.69) is 10.3 Å².